The van der Waals surface area contributed by atoms with Gasteiger partial charge in [-0.05, 0) is 31.9 Å². The second kappa shape index (κ2) is 5.95. The minimum atomic E-state index is -2.95. The summed E-state index contributed by atoms with van der Waals surface area (Å²) in [5, 5.41) is 4.15. The first-order chi connectivity index (χ1) is 13.4. The molecule has 0 radical (unpaired) electrons. The molecule has 144 valence electrons. The van der Waals surface area contributed by atoms with Crippen molar-refractivity contribution in [3.05, 3.63) is 36.7 Å². The summed E-state index contributed by atoms with van der Waals surface area (Å²) < 4.78 is 35.6. The summed E-state index contributed by atoms with van der Waals surface area (Å²) in [5.74, 6) is -1.89. The van der Waals surface area contributed by atoms with Gasteiger partial charge in [0.15, 0.2) is 12.3 Å². The van der Waals surface area contributed by atoms with Crippen LogP contribution in [-0.2, 0) is 0 Å². The molecular weight excluding hydrogens is 366 g/mol. The van der Waals surface area contributed by atoms with Crippen LogP contribution in [0.5, 0.6) is 5.88 Å². The molecule has 0 atom stereocenters. The van der Waals surface area contributed by atoms with Crippen LogP contribution in [0.4, 0.5) is 8.78 Å². The number of halogens is 2. The fourth-order valence-corrected chi connectivity index (χ4v) is 3.49. The van der Waals surface area contributed by atoms with Crippen molar-refractivity contribution < 1.29 is 13.5 Å². The van der Waals surface area contributed by atoms with Gasteiger partial charge < -0.3 is 9.30 Å². The van der Waals surface area contributed by atoms with Crippen molar-refractivity contribution in [3.8, 4) is 17.0 Å². The second-order valence-corrected chi connectivity index (χ2v) is 7.27. The van der Waals surface area contributed by atoms with E-state index in [4.69, 9.17) is 4.74 Å². The van der Waals surface area contributed by atoms with Gasteiger partial charge in [-0.3, -0.25) is 0 Å². The third kappa shape index (κ3) is 2.87. The maximum Gasteiger partial charge on any atom is 0.278 e. The average molecular weight is 384 g/mol. The lowest BCUT2D eigenvalue weighted by Gasteiger charge is -2.12. The van der Waals surface area contributed by atoms with E-state index in [0.717, 1.165) is 42.2 Å². The van der Waals surface area contributed by atoms with E-state index in [2.05, 4.69) is 24.6 Å². The van der Waals surface area contributed by atoms with Crippen LogP contribution < -0.4 is 4.74 Å². The average Bonchev–Trinajstić information content (AvgIpc) is 3.28. The molecule has 0 saturated heterocycles. The highest BCUT2D eigenvalue weighted by Crippen LogP contribution is 2.39. The number of imidazole rings is 1. The van der Waals surface area contributed by atoms with Gasteiger partial charge in [0.05, 0.1) is 5.52 Å². The van der Waals surface area contributed by atoms with Crippen molar-refractivity contribution >= 4 is 16.7 Å². The van der Waals surface area contributed by atoms with Crippen molar-refractivity contribution in [1.82, 2.24) is 29.1 Å². The standard InChI is InChI=1S/C19H18F2N6O/c1-11-25-17-15(27(11)13-3-4-13)7-12(8-22-17)14-5-6-26-16(14)18(23-10-24-26)28-9-19(2,20)21/h5-8,10,13H,3-4,9H2,1-2H3. The van der Waals surface area contributed by atoms with Gasteiger partial charge in [0.1, 0.15) is 17.7 Å². The summed E-state index contributed by atoms with van der Waals surface area (Å²) in [6, 6.07) is 4.36. The largest absolute Gasteiger partial charge is 0.470 e. The van der Waals surface area contributed by atoms with Gasteiger partial charge in [-0.25, -0.2) is 23.3 Å². The Morgan fingerprint density at radius 1 is 1.29 bits per heavy atom. The molecule has 0 amide bonds. The fourth-order valence-electron chi connectivity index (χ4n) is 3.49. The zero-order chi connectivity index (χ0) is 19.5. The molecule has 0 spiro atoms. The highest BCUT2D eigenvalue weighted by Gasteiger charge is 2.28. The Morgan fingerprint density at radius 3 is 2.86 bits per heavy atom. The number of hydrogen-bond donors (Lipinski definition) is 0. The molecule has 0 bridgehead atoms. The molecule has 1 fully saturated rings. The summed E-state index contributed by atoms with van der Waals surface area (Å²) >= 11 is 0. The molecule has 0 aromatic carbocycles. The molecule has 4 aromatic heterocycles. The van der Waals surface area contributed by atoms with E-state index in [1.165, 1.54) is 6.33 Å². The van der Waals surface area contributed by atoms with E-state index < -0.39 is 12.5 Å². The Bertz CT molecular complexity index is 1190. The molecule has 0 aliphatic heterocycles. The van der Waals surface area contributed by atoms with E-state index in [1.54, 1.807) is 16.9 Å². The van der Waals surface area contributed by atoms with E-state index in [1.807, 2.05) is 19.1 Å². The highest BCUT2D eigenvalue weighted by molar-refractivity contribution is 5.88. The number of nitrogens with zero attached hydrogens (tertiary/aromatic N) is 6. The van der Waals surface area contributed by atoms with Crippen LogP contribution in [0.15, 0.2) is 30.9 Å². The van der Waals surface area contributed by atoms with E-state index in [0.29, 0.717) is 17.2 Å². The molecule has 1 aliphatic carbocycles. The number of alkyl halides is 2. The van der Waals surface area contributed by atoms with Crippen molar-refractivity contribution in [3.63, 3.8) is 0 Å². The Labute approximate surface area is 159 Å². The number of hydrogen-bond acceptors (Lipinski definition) is 5. The smallest absolute Gasteiger partial charge is 0.278 e. The topological polar surface area (TPSA) is 70.1 Å². The molecule has 0 unspecified atom stereocenters. The number of aromatic nitrogens is 6. The Morgan fingerprint density at radius 2 is 2.11 bits per heavy atom. The number of aryl methyl sites for hydroxylation is 1. The first kappa shape index (κ1) is 17.0. The van der Waals surface area contributed by atoms with Crippen LogP contribution in [0.25, 0.3) is 27.8 Å². The zero-order valence-electron chi connectivity index (χ0n) is 15.4. The summed E-state index contributed by atoms with van der Waals surface area (Å²) in [6.45, 7) is 2.04. The summed E-state index contributed by atoms with van der Waals surface area (Å²) in [4.78, 5) is 13.1. The maximum atomic E-state index is 13.3. The number of rotatable bonds is 5. The van der Waals surface area contributed by atoms with Gasteiger partial charge in [-0.1, -0.05) is 0 Å². The van der Waals surface area contributed by atoms with Gasteiger partial charge in [0, 0.05) is 36.5 Å². The predicted octanol–water partition coefficient (Wildman–Crippen LogP) is 3.82. The summed E-state index contributed by atoms with van der Waals surface area (Å²) in [6.07, 6.45) is 7.04. The van der Waals surface area contributed by atoms with Crippen LogP contribution in [-0.4, -0.2) is 41.7 Å². The summed E-state index contributed by atoms with van der Waals surface area (Å²) in [5.41, 5.74) is 3.80. The molecular formula is C19H18F2N6O. The summed E-state index contributed by atoms with van der Waals surface area (Å²) in [7, 11) is 0. The van der Waals surface area contributed by atoms with Crippen molar-refractivity contribution in [2.24, 2.45) is 0 Å². The minimum absolute atomic E-state index is 0.114. The monoisotopic (exact) mass is 384 g/mol. The van der Waals surface area contributed by atoms with Crippen LogP contribution >= 0.6 is 0 Å². The lowest BCUT2D eigenvalue weighted by atomic mass is 10.1. The van der Waals surface area contributed by atoms with Crippen molar-refractivity contribution in [1.29, 1.82) is 0 Å². The maximum absolute atomic E-state index is 13.3. The van der Waals surface area contributed by atoms with Gasteiger partial charge in [-0.2, -0.15) is 10.1 Å². The van der Waals surface area contributed by atoms with E-state index in [9.17, 15) is 8.78 Å². The minimum Gasteiger partial charge on any atom is -0.470 e. The van der Waals surface area contributed by atoms with E-state index >= 15 is 0 Å². The second-order valence-electron chi connectivity index (χ2n) is 7.27. The zero-order valence-corrected chi connectivity index (χ0v) is 15.4. The normalized spacial score (nSPS) is 14.9. The Hall–Kier alpha value is -3.10. The van der Waals surface area contributed by atoms with Gasteiger partial charge >= 0.3 is 0 Å². The molecule has 5 rings (SSSR count). The van der Waals surface area contributed by atoms with Crippen LogP contribution in [0.2, 0.25) is 0 Å². The quantitative estimate of drug-likeness (QED) is 0.523. The lowest BCUT2D eigenvalue weighted by molar-refractivity contribution is -0.0239. The van der Waals surface area contributed by atoms with Crippen LogP contribution in [0.3, 0.4) is 0 Å². The third-order valence-corrected chi connectivity index (χ3v) is 4.83. The molecule has 7 nitrogen and oxygen atoms in total. The molecule has 4 heterocycles. The molecule has 1 saturated carbocycles. The predicted molar refractivity (Wildman–Crippen MR) is 98.6 cm³/mol. The van der Waals surface area contributed by atoms with Crippen molar-refractivity contribution in [2.45, 2.75) is 38.7 Å². The first-order valence-electron chi connectivity index (χ1n) is 9.09. The molecule has 9 heteroatoms. The van der Waals surface area contributed by atoms with Crippen LogP contribution in [0.1, 0.15) is 31.6 Å². The Kier molecular flexibility index (Phi) is 3.62. The first-order valence-corrected chi connectivity index (χ1v) is 9.09. The lowest BCUT2D eigenvalue weighted by Crippen LogP contribution is -2.21. The highest BCUT2D eigenvalue weighted by atomic mass is 19.3. The third-order valence-electron chi connectivity index (χ3n) is 4.83. The van der Waals surface area contributed by atoms with Gasteiger partial charge in [-0.15, -0.1) is 0 Å². The molecule has 1 aliphatic rings. The van der Waals surface area contributed by atoms with E-state index in [-0.39, 0.29) is 5.88 Å². The van der Waals surface area contributed by atoms with Crippen molar-refractivity contribution in [2.75, 3.05) is 6.61 Å². The van der Waals surface area contributed by atoms with Crippen LogP contribution in [0, 0.1) is 6.92 Å². The molecule has 4 aromatic rings. The number of pyridine rings is 1. The molecule has 0 N–H and O–H groups in total. The van der Waals surface area contributed by atoms with Gasteiger partial charge in [0.25, 0.3) is 5.92 Å². The number of ether oxygens (including phenoxy) is 1. The van der Waals surface area contributed by atoms with Gasteiger partial charge in [0.2, 0.25) is 5.88 Å². The fraction of sp³-hybridized carbons (Fsp3) is 0.368. The number of fused-ring (bicyclic) bond motifs is 2. The SMILES string of the molecule is Cc1nc2ncc(-c3ccn4ncnc(OCC(C)(F)F)c34)cc2n1C1CC1. The molecule has 28 heavy (non-hydrogen) atoms. The Balaban J connectivity index is 1.64.